The number of sulfone groups is 1. The van der Waals surface area contributed by atoms with Crippen LogP contribution in [0.5, 0.6) is 0 Å². The van der Waals surface area contributed by atoms with Crippen LogP contribution in [0.25, 0.3) is 11.4 Å². The fourth-order valence-corrected chi connectivity index (χ4v) is 3.95. The van der Waals surface area contributed by atoms with Gasteiger partial charge in [-0.1, -0.05) is 0 Å². The number of amides is 1. The van der Waals surface area contributed by atoms with Gasteiger partial charge in [-0.3, -0.25) is 10.1 Å². The first-order valence-electron chi connectivity index (χ1n) is 8.13. The number of hydrogen-bond donors (Lipinski definition) is 1. The Morgan fingerprint density at radius 3 is 2.43 bits per heavy atom. The molecule has 0 saturated heterocycles. The summed E-state index contributed by atoms with van der Waals surface area (Å²) >= 11 is 0.865. The van der Waals surface area contributed by atoms with E-state index in [1.807, 2.05) is 0 Å². The van der Waals surface area contributed by atoms with Crippen molar-refractivity contribution in [2.24, 2.45) is 0 Å². The number of rotatable bonds is 5. The third kappa shape index (κ3) is 4.07. The molecule has 0 spiro atoms. The van der Waals surface area contributed by atoms with Crippen molar-refractivity contribution in [2.45, 2.75) is 24.0 Å². The molecule has 1 aromatic heterocycles. The summed E-state index contributed by atoms with van der Waals surface area (Å²) in [6, 6.07) is 8.55. The van der Waals surface area contributed by atoms with E-state index in [0.29, 0.717) is 5.56 Å². The molecule has 10 heteroatoms. The van der Waals surface area contributed by atoms with Crippen LogP contribution in [0.1, 0.15) is 24.2 Å². The number of benzene rings is 2. The van der Waals surface area contributed by atoms with Gasteiger partial charge < -0.3 is 0 Å². The lowest BCUT2D eigenvalue weighted by Crippen LogP contribution is -2.17. The van der Waals surface area contributed by atoms with E-state index in [1.165, 1.54) is 38.1 Å². The van der Waals surface area contributed by atoms with E-state index in [1.54, 1.807) is 0 Å². The van der Waals surface area contributed by atoms with Crippen molar-refractivity contribution < 1.29 is 22.0 Å². The highest BCUT2D eigenvalue weighted by Crippen LogP contribution is 2.23. The van der Waals surface area contributed by atoms with Crippen LogP contribution in [-0.2, 0) is 9.84 Å². The monoisotopic (exact) mass is 423 g/mol. The van der Waals surface area contributed by atoms with Gasteiger partial charge >= 0.3 is 0 Å². The average molecular weight is 423 g/mol. The summed E-state index contributed by atoms with van der Waals surface area (Å²) in [4.78, 5) is 16.4. The molecule has 0 atom stereocenters. The summed E-state index contributed by atoms with van der Waals surface area (Å²) < 4.78 is 55.7. The molecule has 0 aliphatic rings. The molecule has 3 rings (SSSR count). The number of hydrogen-bond acceptors (Lipinski definition) is 6. The van der Waals surface area contributed by atoms with E-state index >= 15 is 0 Å². The van der Waals surface area contributed by atoms with Crippen molar-refractivity contribution in [2.75, 3.05) is 5.32 Å². The highest BCUT2D eigenvalue weighted by molar-refractivity contribution is 7.92. The molecular formula is C18H15F2N3O3S2. The Hall–Kier alpha value is -2.72. The van der Waals surface area contributed by atoms with Gasteiger partial charge in [-0.15, -0.1) is 0 Å². The molecule has 3 aromatic rings. The molecule has 6 nitrogen and oxygen atoms in total. The maximum absolute atomic E-state index is 14.1. The summed E-state index contributed by atoms with van der Waals surface area (Å²) in [5.41, 5.74) is 0.134. The van der Waals surface area contributed by atoms with E-state index in [9.17, 15) is 22.0 Å². The van der Waals surface area contributed by atoms with Crippen molar-refractivity contribution in [1.29, 1.82) is 0 Å². The lowest BCUT2D eigenvalue weighted by atomic mass is 10.2. The first-order chi connectivity index (χ1) is 13.2. The van der Waals surface area contributed by atoms with Gasteiger partial charge in [0.2, 0.25) is 5.13 Å². The Kier molecular flexibility index (Phi) is 5.52. The molecule has 0 saturated carbocycles. The van der Waals surface area contributed by atoms with Crippen molar-refractivity contribution in [1.82, 2.24) is 9.36 Å². The molecule has 0 aliphatic carbocycles. The molecule has 0 aliphatic heterocycles. The van der Waals surface area contributed by atoms with Gasteiger partial charge in [0.05, 0.1) is 15.7 Å². The summed E-state index contributed by atoms with van der Waals surface area (Å²) in [6.07, 6.45) is 0. The molecule has 0 unspecified atom stereocenters. The molecular weight excluding hydrogens is 408 g/mol. The number of halogens is 2. The van der Waals surface area contributed by atoms with E-state index in [4.69, 9.17) is 0 Å². The summed E-state index contributed by atoms with van der Waals surface area (Å²) in [6.45, 7) is 2.99. The van der Waals surface area contributed by atoms with E-state index in [2.05, 4.69) is 14.7 Å². The summed E-state index contributed by atoms with van der Waals surface area (Å²) in [5.74, 6) is -1.83. The minimum Gasteiger partial charge on any atom is -0.296 e. The standard InChI is InChI=1S/C18H15F2N3O3S2/c1-10(2)28(25,26)13-7-8-15(20)14(9-13)17(24)22-18-21-16(23-27-18)11-3-5-12(19)6-4-11/h3-10H,1-2H3,(H,21,22,23,24). The molecule has 2 aromatic carbocycles. The summed E-state index contributed by atoms with van der Waals surface area (Å²) in [5, 5.41) is 1.79. The van der Waals surface area contributed by atoms with Gasteiger partial charge in [0, 0.05) is 17.1 Å². The Bertz CT molecular complexity index is 1130. The predicted octanol–water partition coefficient (Wildman–Crippen LogP) is 3.92. The Balaban J connectivity index is 1.85. The largest absolute Gasteiger partial charge is 0.296 e. The third-order valence-electron chi connectivity index (χ3n) is 3.88. The molecule has 0 bridgehead atoms. The zero-order valence-corrected chi connectivity index (χ0v) is 16.4. The number of carbonyl (C=O) groups is 1. The van der Waals surface area contributed by atoms with Crippen LogP contribution >= 0.6 is 11.5 Å². The number of carbonyl (C=O) groups excluding carboxylic acids is 1. The third-order valence-corrected chi connectivity index (χ3v) is 6.66. The predicted molar refractivity (Wildman–Crippen MR) is 102 cm³/mol. The van der Waals surface area contributed by atoms with Crippen LogP contribution in [-0.4, -0.2) is 28.9 Å². The zero-order valence-electron chi connectivity index (χ0n) is 14.8. The first-order valence-corrected chi connectivity index (χ1v) is 10.4. The number of nitrogens with one attached hydrogen (secondary N) is 1. The minimum absolute atomic E-state index is 0.0980. The Morgan fingerprint density at radius 1 is 1.11 bits per heavy atom. The smallest absolute Gasteiger partial charge is 0.260 e. The van der Waals surface area contributed by atoms with Crippen LogP contribution in [0.2, 0.25) is 0 Å². The highest BCUT2D eigenvalue weighted by atomic mass is 32.2. The summed E-state index contributed by atoms with van der Waals surface area (Å²) in [7, 11) is -3.66. The van der Waals surface area contributed by atoms with Crippen LogP contribution in [0.15, 0.2) is 47.4 Å². The maximum Gasteiger partial charge on any atom is 0.260 e. The van der Waals surface area contributed by atoms with Gasteiger partial charge in [-0.05, 0) is 56.3 Å². The molecule has 146 valence electrons. The molecule has 1 N–H and O–H groups in total. The maximum atomic E-state index is 14.1. The van der Waals surface area contributed by atoms with Gasteiger partial charge in [0.1, 0.15) is 11.6 Å². The number of aromatic nitrogens is 2. The zero-order chi connectivity index (χ0) is 20.5. The number of anilines is 1. The molecule has 1 heterocycles. The van der Waals surface area contributed by atoms with Crippen molar-refractivity contribution in [3.63, 3.8) is 0 Å². The van der Waals surface area contributed by atoms with Gasteiger partial charge in [-0.2, -0.15) is 9.36 Å². The first kappa shape index (κ1) is 20.0. The van der Waals surface area contributed by atoms with E-state index < -0.39 is 38.2 Å². The van der Waals surface area contributed by atoms with Crippen molar-refractivity contribution in [3.8, 4) is 11.4 Å². The molecule has 1 amide bonds. The fraction of sp³-hybridized carbons (Fsp3) is 0.167. The van der Waals surface area contributed by atoms with Crippen LogP contribution in [0.3, 0.4) is 0 Å². The minimum atomic E-state index is -3.66. The number of nitrogens with zero attached hydrogens (tertiary/aromatic N) is 2. The van der Waals surface area contributed by atoms with Gasteiger partial charge in [-0.25, -0.2) is 17.2 Å². The average Bonchev–Trinajstić information content (AvgIpc) is 3.10. The molecule has 28 heavy (non-hydrogen) atoms. The Morgan fingerprint density at radius 2 is 1.79 bits per heavy atom. The Labute approximate surface area is 164 Å². The molecule has 0 fully saturated rings. The normalized spacial score (nSPS) is 11.6. The van der Waals surface area contributed by atoms with Crippen LogP contribution in [0.4, 0.5) is 13.9 Å². The van der Waals surface area contributed by atoms with Crippen molar-refractivity contribution in [3.05, 3.63) is 59.7 Å². The molecule has 0 radical (unpaired) electrons. The topological polar surface area (TPSA) is 89.0 Å². The fourth-order valence-electron chi connectivity index (χ4n) is 2.28. The second kappa shape index (κ2) is 7.72. The van der Waals surface area contributed by atoms with Crippen molar-refractivity contribution >= 4 is 32.4 Å². The van der Waals surface area contributed by atoms with E-state index in [0.717, 1.165) is 29.7 Å². The van der Waals surface area contributed by atoms with Crippen LogP contribution < -0.4 is 5.32 Å². The lowest BCUT2D eigenvalue weighted by molar-refractivity contribution is 0.102. The van der Waals surface area contributed by atoms with E-state index in [-0.39, 0.29) is 15.9 Å². The highest BCUT2D eigenvalue weighted by Gasteiger charge is 2.23. The SMILES string of the molecule is CC(C)S(=O)(=O)c1ccc(F)c(C(=O)Nc2nc(-c3ccc(F)cc3)ns2)c1. The quantitative estimate of drug-likeness (QED) is 0.629. The van der Waals surface area contributed by atoms with Gasteiger partial charge in [0.25, 0.3) is 5.91 Å². The van der Waals surface area contributed by atoms with Crippen LogP contribution in [0, 0.1) is 11.6 Å². The van der Waals surface area contributed by atoms with Gasteiger partial charge in [0.15, 0.2) is 15.7 Å². The second-order valence-corrected chi connectivity index (χ2v) is 9.38. The lowest BCUT2D eigenvalue weighted by Gasteiger charge is -2.10. The second-order valence-electron chi connectivity index (χ2n) is 6.12.